The molecule has 4 heteroatoms. The third kappa shape index (κ3) is 2.12. The van der Waals surface area contributed by atoms with Crippen LogP contribution in [0.5, 0.6) is 0 Å². The lowest BCUT2D eigenvalue weighted by molar-refractivity contribution is 0.181. The first kappa shape index (κ1) is 13.6. The van der Waals surface area contributed by atoms with Crippen molar-refractivity contribution in [3.05, 3.63) is 39.4 Å². The van der Waals surface area contributed by atoms with Crippen LogP contribution in [0.1, 0.15) is 39.2 Å². The van der Waals surface area contributed by atoms with Crippen LogP contribution in [0, 0.1) is 16.6 Å². The lowest BCUT2D eigenvalue weighted by atomic mass is 9.78. The Balaban J connectivity index is 2.21. The van der Waals surface area contributed by atoms with E-state index in [2.05, 4.69) is 18.8 Å². The topological polar surface area (TPSA) is 37.8 Å². The van der Waals surface area contributed by atoms with Crippen LogP contribution in [0.4, 0.5) is 0 Å². The number of aromatic nitrogens is 2. The molecule has 1 N–H and O–H groups in total. The van der Waals surface area contributed by atoms with E-state index in [9.17, 15) is 4.79 Å². The zero-order chi connectivity index (χ0) is 14.3. The molecule has 20 heavy (non-hydrogen) atoms. The maximum absolute atomic E-state index is 12.8. The van der Waals surface area contributed by atoms with Gasteiger partial charge in [0.2, 0.25) is 0 Å². The zero-order valence-electron chi connectivity index (χ0n) is 11.9. The molecule has 0 spiro atoms. The van der Waals surface area contributed by atoms with E-state index in [1.165, 1.54) is 12.8 Å². The lowest BCUT2D eigenvalue weighted by Crippen LogP contribution is -2.34. The summed E-state index contributed by atoms with van der Waals surface area (Å²) in [4.78, 5) is 16.0. The first-order chi connectivity index (χ1) is 9.59. The van der Waals surface area contributed by atoms with Gasteiger partial charge in [0.05, 0.1) is 10.9 Å². The Morgan fingerprint density at radius 3 is 2.80 bits per heavy atom. The quantitative estimate of drug-likeness (QED) is 0.804. The van der Waals surface area contributed by atoms with Crippen LogP contribution in [-0.4, -0.2) is 9.55 Å². The summed E-state index contributed by atoms with van der Waals surface area (Å²) in [6, 6.07) is 7.82. The molecule has 3 atom stereocenters. The number of benzene rings is 1. The molecular formula is C16H20N2OS. The van der Waals surface area contributed by atoms with E-state index in [4.69, 9.17) is 12.2 Å². The number of H-pyrrole nitrogens is 1. The standard InChI is InChI=1S/C16H20N2OS/c1-10-6-5-9-14(11(10)2)18-15(19)12-7-3-4-8-13(12)17-16(18)20/h3-4,7-8,10-11,14H,5-6,9H2,1-2H3,(H,17,20)/t10-,11+,14+/m1/s1. The van der Waals surface area contributed by atoms with E-state index < -0.39 is 0 Å². The van der Waals surface area contributed by atoms with Crippen LogP contribution in [0.3, 0.4) is 0 Å². The number of fused-ring (bicyclic) bond motifs is 1. The first-order valence-electron chi connectivity index (χ1n) is 7.33. The molecule has 1 heterocycles. The Kier molecular flexibility index (Phi) is 3.50. The van der Waals surface area contributed by atoms with Crippen molar-refractivity contribution in [1.82, 2.24) is 9.55 Å². The fraction of sp³-hybridized carbons (Fsp3) is 0.500. The van der Waals surface area contributed by atoms with Gasteiger partial charge in [0.1, 0.15) is 0 Å². The molecule has 0 saturated heterocycles. The van der Waals surface area contributed by atoms with Crippen molar-refractivity contribution in [3.8, 4) is 0 Å². The van der Waals surface area contributed by atoms with E-state index in [0.29, 0.717) is 16.6 Å². The Bertz CT molecular complexity index is 746. The van der Waals surface area contributed by atoms with Crippen molar-refractivity contribution in [2.45, 2.75) is 39.2 Å². The van der Waals surface area contributed by atoms with Crippen LogP contribution in [0.25, 0.3) is 10.9 Å². The monoisotopic (exact) mass is 288 g/mol. The highest BCUT2D eigenvalue weighted by molar-refractivity contribution is 7.71. The molecule has 0 amide bonds. The fourth-order valence-corrected chi connectivity index (χ4v) is 3.72. The zero-order valence-corrected chi connectivity index (χ0v) is 12.7. The number of nitrogens with one attached hydrogen (secondary N) is 1. The molecule has 106 valence electrons. The number of rotatable bonds is 1. The third-order valence-corrected chi connectivity index (χ3v) is 5.13. The normalized spacial score (nSPS) is 26.8. The highest BCUT2D eigenvalue weighted by atomic mass is 32.1. The minimum atomic E-state index is 0.0512. The second-order valence-corrected chi connectivity index (χ2v) is 6.37. The largest absolute Gasteiger partial charge is 0.332 e. The average molecular weight is 288 g/mol. The molecule has 1 aromatic heterocycles. The summed E-state index contributed by atoms with van der Waals surface area (Å²) in [5, 5.41) is 0.728. The van der Waals surface area contributed by atoms with Crippen molar-refractivity contribution in [2.75, 3.05) is 0 Å². The summed E-state index contributed by atoms with van der Waals surface area (Å²) in [6.07, 6.45) is 3.46. The maximum Gasteiger partial charge on any atom is 0.262 e. The van der Waals surface area contributed by atoms with E-state index >= 15 is 0 Å². The third-order valence-electron chi connectivity index (χ3n) is 4.83. The number of para-hydroxylation sites is 1. The Hall–Kier alpha value is -1.42. The number of aromatic amines is 1. The molecule has 1 fully saturated rings. The van der Waals surface area contributed by atoms with Gasteiger partial charge < -0.3 is 4.98 Å². The number of hydrogen-bond donors (Lipinski definition) is 1. The SMILES string of the molecule is C[C@H]1[C@H](C)CCC[C@@H]1n1c(=S)[nH]c2ccccc2c1=O. The number of hydrogen-bond acceptors (Lipinski definition) is 2. The minimum Gasteiger partial charge on any atom is -0.332 e. The van der Waals surface area contributed by atoms with Gasteiger partial charge in [0.15, 0.2) is 4.77 Å². The van der Waals surface area contributed by atoms with Gasteiger partial charge >= 0.3 is 0 Å². The van der Waals surface area contributed by atoms with E-state index in [0.717, 1.165) is 17.3 Å². The predicted molar refractivity (Wildman–Crippen MR) is 84.6 cm³/mol. The highest BCUT2D eigenvalue weighted by Gasteiger charge is 2.29. The highest BCUT2D eigenvalue weighted by Crippen LogP contribution is 2.37. The van der Waals surface area contributed by atoms with Crippen LogP contribution in [0.15, 0.2) is 29.1 Å². The van der Waals surface area contributed by atoms with E-state index in [1.807, 2.05) is 28.8 Å². The maximum atomic E-state index is 12.8. The Labute approximate surface area is 123 Å². The van der Waals surface area contributed by atoms with Crippen molar-refractivity contribution >= 4 is 23.1 Å². The molecule has 0 aliphatic heterocycles. The fourth-order valence-electron chi connectivity index (χ4n) is 3.40. The summed E-state index contributed by atoms with van der Waals surface area (Å²) in [5.41, 5.74) is 0.880. The van der Waals surface area contributed by atoms with Gasteiger partial charge in [-0.2, -0.15) is 0 Å². The van der Waals surface area contributed by atoms with E-state index in [-0.39, 0.29) is 11.6 Å². The predicted octanol–water partition coefficient (Wildman–Crippen LogP) is 4.06. The van der Waals surface area contributed by atoms with Crippen LogP contribution < -0.4 is 5.56 Å². The van der Waals surface area contributed by atoms with Gasteiger partial charge in [-0.1, -0.05) is 38.8 Å². The summed E-state index contributed by atoms with van der Waals surface area (Å²) >= 11 is 5.45. The Morgan fingerprint density at radius 1 is 1.25 bits per heavy atom. The van der Waals surface area contributed by atoms with E-state index in [1.54, 1.807) is 0 Å². The minimum absolute atomic E-state index is 0.0512. The lowest BCUT2D eigenvalue weighted by Gasteiger charge is -2.35. The van der Waals surface area contributed by atoms with Gasteiger partial charge in [-0.15, -0.1) is 0 Å². The molecule has 1 aromatic carbocycles. The summed E-state index contributed by atoms with van der Waals surface area (Å²) in [6.45, 7) is 4.51. The van der Waals surface area contributed by atoms with Crippen molar-refractivity contribution < 1.29 is 0 Å². The smallest absolute Gasteiger partial charge is 0.262 e. The van der Waals surface area contributed by atoms with Crippen molar-refractivity contribution in [2.24, 2.45) is 11.8 Å². The summed E-state index contributed by atoms with van der Waals surface area (Å²) in [7, 11) is 0. The van der Waals surface area contributed by atoms with Crippen LogP contribution >= 0.6 is 12.2 Å². The van der Waals surface area contributed by atoms with Gasteiger partial charge in [-0.05, 0) is 42.6 Å². The molecule has 0 radical (unpaired) electrons. The molecule has 3 nitrogen and oxygen atoms in total. The molecule has 1 saturated carbocycles. The van der Waals surface area contributed by atoms with Gasteiger partial charge in [-0.3, -0.25) is 9.36 Å². The summed E-state index contributed by atoms with van der Waals surface area (Å²) < 4.78 is 2.37. The van der Waals surface area contributed by atoms with Gasteiger partial charge in [0.25, 0.3) is 5.56 Å². The molecule has 1 aliphatic rings. The van der Waals surface area contributed by atoms with Gasteiger partial charge in [-0.25, -0.2) is 0 Å². The van der Waals surface area contributed by atoms with Crippen molar-refractivity contribution in [1.29, 1.82) is 0 Å². The summed E-state index contributed by atoms with van der Waals surface area (Å²) in [5.74, 6) is 1.12. The molecule has 3 rings (SSSR count). The van der Waals surface area contributed by atoms with Gasteiger partial charge in [0, 0.05) is 6.04 Å². The second kappa shape index (κ2) is 5.17. The van der Waals surface area contributed by atoms with Crippen molar-refractivity contribution in [3.63, 3.8) is 0 Å². The first-order valence-corrected chi connectivity index (χ1v) is 7.74. The van der Waals surface area contributed by atoms with Crippen LogP contribution in [0.2, 0.25) is 0 Å². The molecule has 0 unspecified atom stereocenters. The molecule has 0 bridgehead atoms. The average Bonchev–Trinajstić information content (AvgIpc) is 2.43. The second-order valence-electron chi connectivity index (χ2n) is 5.99. The molecule has 1 aliphatic carbocycles. The molecular weight excluding hydrogens is 268 g/mol. The number of nitrogens with zero attached hydrogens (tertiary/aromatic N) is 1. The van der Waals surface area contributed by atoms with Crippen LogP contribution in [-0.2, 0) is 0 Å². The molecule has 2 aromatic rings. The Morgan fingerprint density at radius 2 is 2.00 bits per heavy atom.